The van der Waals surface area contributed by atoms with E-state index in [2.05, 4.69) is 23.8 Å². The van der Waals surface area contributed by atoms with E-state index in [4.69, 9.17) is 4.74 Å². The van der Waals surface area contributed by atoms with Crippen molar-refractivity contribution in [2.24, 2.45) is 0 Å². The highest BCUT2D eigenvalue weighted by Gasteiger charge is 2.00. The fraction of sp³-hybridized carbons (Fsp3) is 0.571. The third kappa shape index (κ3) is 10.0. The summed E-state index contributed by atoms with van der Waals surface area (Å²) < 4.78 is 5.37. The Kier molecular flexibility index (Phi) is 9.44. The van der Waals surface area contributed by atoms with Crippen LogP contribution < -0.4 is 10.6 Å². The van der Waals surface area contributed by atoms with Crippen LogP contribution in [0.2, 0.25) is 0 Å². The molecule has 0 aromatic carbocycles. The maximum atomic E-state index is 11.1. The number of rotatable bonds is 10. The highest BCUT2D eigenvalue weighted by molar-refractivity contribution is 5.92. The summed E-state index contributed by atoms with van der Waals surface area (Å²) in [6, 6.07) is 0. The molecule has 0 aromatic rings. The molecule has 0 aliphatic rings. The molecule has 19 heavy (non-hydrogen) atoms. The number of amides is 2. The molecule has 2 amide bonds. The monoisotopic (exact) mass is 268 g/mol. The molecule has 5 nitrogen and oxygen atoms in total. The number of ether oxygens (including phenoxy) is 1. The van der Waals surface area contributed by atoms with Crippen LogP contribution in [-0.4, -0.2) is 38.1 Å². The number of hydrogen-bond donors (Lipinski definition) is 2. The molecule has 0 aliphatic heterocycles. The van der Waals surface area contributed by atoms with Gasteiger partial charge in [0.15, 0.2) is 0 Å². The number of nitrogens with one attached hydrogen (secondary N) is 2. The molecule has 5 heteroatoms. The van der Waals surface area contributed by atoms with Crippen LogP contribution in [0.15, 0.2) is 24.3 Å². The van der Waals surface area contributed by atoms with Crippen molar-refractivity contribution in [1.29, 1.82) is 0 Å². The van der Waals surface area contributed by atoms with Gasteiger partial charge in [0.2, 0.25) is 11.8 Å². The van der Waals surface area contributed by atoms with Gasteiger partial charge in [-0.3, -0.25) is 9.59 Å². The Labute approximate surface area is 115 Å². The van der Waals surface area contributed by atoms with E-state index >= 15 is 0 Å². The van der Waals surface area contributed by atoms with Gasteiger partial charge in [0.25, 0.3) is 0 Å². The summed E-state index contributed by atoms with van der Waals surface area (Å²) in [5.74, 6) is -0.245. The van der Waals surface area contributed by atoms with Crippen molar-refractivity contribution in [2.45, 2.75) is 26.7 Å². The molecule has 0 aromatic heterocycles. The van der Waals surface area contributed by atoms with E-state index < -0.39 is 0 Å². The lowest BCUT2D eigenvalue weighted by molar-refractivity contribution is -0.118. The topological polar surface area (TPSA) is 67.4 Å². The van der Waals surface area contributed by atoms with Gasteiger partial charge in [-0.25, -0.2) is 0 Å². The molecule has 108 valence electrons. The SMILES string of the molecule is C=C(C)C(=O)NCCCOCCCNC(=O)C(=C)C. The van der Waals surface area contributed by atoms with Crippen molar-refractivity contribution in [3.8, 4) is 0 Å². The molecular formula is C14H24N2O3. The Morgan fingerprint density at radius 2 is 1.26 bits per heavy atom. The van der Waals surface area contributed by atoms with E-state index in [1.165, 1.54) is 0 Å². The molecule has 0 aliphatic carbocycles. The second kappa shape index (κ2) is 10.3. The molecule has 0 fully saturated rings. The zero-order valence-corrected chi connectivity index (χ0v) is 11.9. The number of hydrogen-bond acceptors (Lipinski definition) is 3. The second-order valence-corrected chi connectivity index (χ2v) is 4.39. The lowest BCUT2D eigenvalue weighted by Crippen LogP contribution is -2.26. The first-order valence-electron chi connectivity index (χ1n) is 6.40. The van der Waals surface area contributed by atoms with Crippen molar-refractivity contribution >= 4 is 11.8 Å². The van der Waals surface area contributed by atoms with Crippen LogP contribution in [0, 0.1) is 0 Å². The van der Waals surface area contributed by atoms with Crippen LogP contribution in [0.5, 0.6) is 0 Å². The van der Waals surface area contributed by atoms with Gasteiger partial charge in [-0.15, -0.1) is 0 Å². The van der Waals surface area contributed by atoms with E-state index in [-0.39, 0.29) is 11.8 Å². The minimum Gasteiger partial charge on any atom is -0.381 e. The molecule has 2 N–H and O–H groups in total. The van der Waals surface area contributed by atoms with Gasteiger partial charge in [-0.2, -0.15) is 0 Å². The third-order valence-corrected chi connectivity index (χ3v) is 2.28. The van der Waals surface area contributed by atoms with Gasteiger partial charge < -0.3 is 15.4 Å². The van der Waals surface area contributed by atoms with Crippen LogP contribution in [0.3, 0.4) is 0 Å². The van der Waals surface area contributed by atoms with E-state index in [9.17, 15) is 9.59 Å². The molecule has 0 saturated carbocycles. The Hall–Kier alpha value is -1.62. The molecular weight excluding hydrogens is 244 g/mol. The van der Waals surface area contributed by atoms with E-state index in [0.717, 1.165) is 12.8 Å². The van der Waals surface area contributed by atoms with Crippen LogP contribution in [0.25, 0.3) is 0 Å². The van der Waals surface area contributed by atoms with Crippen molar-refractivity contribution in [1.82, 2.24) is 10.6 Å². The first-order valence-corrected chi connectivity index (χ1v) is 6.40. The standard InChI is InChI=1S/C14H24N2O3/c1-11(2)13(17)15-7-5-9-19-10-6-8-16-14(18)12(3)4/h1,3,5-10H2,2,4H3,(H,15,17)(H,16,18). The average molecular weight is 268 g/mol. The van der Waals surface area contributed by atoms with Crippen LogP contribution in [0.4, 0.5) is 0 Å². The smallest absolute Gasteiger partial charge is 0.246 e. The average Bonchev–Trinajstić information content (AvgIpc) is 2.35. The normalized spacial score (nSPS) is 9.79. The summed E-state index contributed by atoms with van der Waals surface area (Å²) in [4.78, 5) is 22.3. The van der Waals surface area contributed by atoms with Crippen molar-refractivity contribution in [3.63, 3.8) is 0 Å². The molecule has 0 bridgehead atoms. The van der Waals surface area contributed by atoms with E-state index in [0.29, 0.717) is 37.4 Å². The second-order valence-electron chi connectivity index (χ2n) is 4.39. The summed E-state index contributed by atoms with van der Waals surface area (Å²) in [5.41, 5.74) is 1.02. The fourth-order valence-corrected chi connectivity index (χ4v) is 1.16. The first-order chi connectivity index (χ1) is 8.95. The summed E-state index contributed by atoms with van der Waals surface area (Å²) in [6.45, 7) is 12.8. The molecule has 0 radical (unpaired) electrons. The highest BCUT2D eigenvalue weighted by atomic mass is 16.5. The Balaban J connectivity index is 3.28. The van der Waals surface area contributed by atoms with Gasteiger partial charge >= 0.3 is 0 Å². The number of carbonyl (C=O) groups excluding carboxylic acids is 2. The van der Waals surface area contributed by atoms with Crippen LogP contribution in [-0.2, 0) is 14.3 Å². The van der Waals surface area contributed by atoms with Gasteiger partial charge in [-0.1, -0.05) is 13.2 Å². The van der Waals surface area contributed by atoms with Gasteiger partial charge in [0.1, 0.15) is 0 Å². The van der Waals surface area contributed by atoms with Gasteiger partial charge in [0.05, 0.1) is 0 Å². The van der Waals surface area contributed by atoms with Gasteiger partial charge in [-0.05, 0) is 26.7 Å². The first kappa shape index (κ1) is 17.4. The number of carbonyl (C=O) groups is 2. The predicted octanol–water partition coefficient (Wildman–Crippen LogP) is 1.17. The molecule has 0 heterocycles. The Morgan fingerprint density at radius 3 is 1.58 bits per heavy atom. The lowest BCUT2D eigenvalue weighted by Gasteiger charge is -2.07. The minimum atomic E-state index is -0.123. The van der Waals surface area contributed by atoms with Crippen molar-refractivity contribution in [2.75, 3.05) is 26.3 Å². The summed E-state index contributed by atoms with van der Waals surface area (Å²) in [7, 11) is 0. The quantitative estimate of drug-likeness (QED) is 0.461. The minimum absolute atomic E-state index is 0.123. The van der Waals surface area contributed by atoms with E-state index in [1.807, 2.05) is 0 Å². The molecule has 0 unspecified atom stereocenters. The summed E-state index contributed by atoms with van der Waals surface area (Å²) in [6.07, 6.45) is 1.52. The molecule has 0 spiro atoms. The van der Waals surface area contributed by atoms with Crippen LogP contribution in [0.1, 0.15) is 26.7 Å². The van der Waals surface area contributed by atoms with Crippen LogP contribution >= 0.6 is 0 Å². The lowest BCUT2D eigenvalue weighted by atomic mass is 10.3. The Bertz CT molecular complexity index is 306. The molecule has 0 rings (SSSR count). The maximum absolute atomic E-state index is 11.1. The predicted molar refractivity (Wildman–Crippen MR) is 75.7 cm³/mol. The maximum Gasteiger partial charge on any atom is 0.246 e. The van der Waals surface area contributed by atoms with Gasteiger partial charge in [0, 0.05) is 37.4 Å². The third-order valence-electron chi connectivity index (χ3n) is 2.28. The highest BCUT2D eigenvalue weighted by Crippen LogP contribution is 1.89. The van der Waals surface area contributed by atoms with Crippen molar-refractivity contribution < 1.29 is 14.3 Å². The van der Waals surface area contributed by atoms with E-state index in [1.54, 1.807) is 13.8 Å². The summed E-state index contributed by atoms with van der Waals surface area (Å²) >= 11 is 0. The Morgan fingerprint density at radius 1 is 0.895 bits per heavy atom. The molecule has 0 atom stereocenters. The zero-order valence-electron chi connectivity index (χ0n) is 11.9. The zero-order chi connectivity index (χ0) is 14.7. The largest absolute Gasteiger partial charge is 0.381 e. The molecule has 0 saturated heterocycles. The fourth-order valence-electron chi connectivity index (χ4n) is 1.16. The summed E-state index contributed by atoms with van der Waals surface area (Å²) in [5, 5.41) is 5.45. The van der Waals surface area contributed by atoms with Crippen molar-refractivity contribution in [3.05, 3.63) is 24.3 Å².